The first-order valence-electron chi connectivity index (χ1n) is 14.1. The largest absolute Gasteiger partial charge is 0.497 e. The first-order valence-corrected chi connectivity index (χ1v) is 14.1. The second-order valence-electron chi connectivity index (χ2n) is 11.4. The van der Waals surface area contributed by atoms with Gasteiger partial charge in [-0.3, -0.25) is 9.59 Å². The molecule has 224 valence electrons. The van der Waals surface area contributed by atoms with Crippen molar-refractivity contribution in [3.63, 3.8) is 0 Å². The number of aromatic nitrogens is 1. The van der Waals surface area contributed by atoms with E-state index in [1.807, 2.05) is 43.4 Å². The molecule has 4 aromatic rings. The molecule has 1 aliphatic carbocycles. The van der Waals surface area contributed by atoms with E-state index in [0.29, 0.717) is 40.5 Å². The zero-order chi connectivity index (χ0) is 30.7. The molecule has 1 saturated heterocycles. The van der Waals surface area contributed by atoms with Crippen LogP contribution in [0.5, 0.6) is 23.0 Å². The van der Waals surface area contributed by atoms with Gasteiger partial charge in [0.25, 0.3) is 5.79 Å². The summed E-state index contributed by atoms with van der Waals surface area (Å²) < 4.78 is 37.1. The van der Waals surface area contributed by atoms with Crippen LogP contribution in [0.25, 0.3) is 10.9 Å². The Morgan fingerprint density at radius 2 is 1.33 bits per heavy atom. The molecular weight excluding hydrogens is 550 g/mol. The number of fused-ring (bicyclic) bond motifs is 3. The molecule has 6 rings (SSSR count). The third kappa shape index (κ3) is 4.12. The molecule has 43 heavy (non-hydrogen) atoms. The van der Waals surface area contributed by atoms with Crippen LogP contribution in [0, 0.1) is 5.41 Å². The Kier molecular flexibility index (Phi) is 6.79. The van der Waals surface area contributed by atoms with Gasteiger partial charge in [-0.2, -0.15) is 0 Å². The summed E-state index contributed by atoms with van der Waals surface area (Å²) in [6.45, 7) is 3.12. The summed E-state index contributed by atoms with van der Waals surface area (Å²) in [5, 5.41) is 0.913. The van der Waals surface area contributed by atoms with Crippen LogP contribution < -0.4 is 18.9 Å². The Hall–Kier alpha value is -4.66. The van der Waals surface area contributed by atoms with Crippen LogP contribution in [0.4, 0.5) is 0 Å². The number of para-hydroxylation sites is 1. The Bertz CT molecular complexity index is 1730. The number of methoxy groups -OCH3 is 4. The molecule has 2 heterocycles. The van der Waals surface area contributed by atoms with Crippen molar-refractivity contribution in [2.45, 2.75) is 37.9 Å². The lowest BCUT2D eigenvalue weighted by Gasteiger charge is -2.50. The van der Waals surface area contributed by atoms with Gasteiger partial charge in [-0.15, -0.1) is 0 Å². The van der Waals surface area contributed by atoms with Crippen LogP contribution in [0.1, 0.15) is 48.1 Å². The predicted molar refractivity (Wildman–Crippen MR) is 159 cm³/mol. The van der Waals surface area contributed by atoms with Gasteiger partial charge in [-0.25, -0.2) is 0 Å². The van der Waals surface area contributed by atoms with Gasteiger partial charge in [0.05, 0.1) is 28.4 Å². The lowest BCUT2D eigenvalue weighted by atomic mass is 9.54. The number of ether oxygens (including phenoxy) is 6. The molecule has 1 spiro atoms. The highest BCUT2D eigenvalue weighted by atomic mass is 16.7. The smallest absolute Gasteiger partial charge is 0.328 e. The summed E-state index contributed by atoms with van der Waals surface area (Å²) in [6, 6.07) is 18.7. The van der Waals surface area contributed by atoms with Gasteiger partial charge in [-0.05, 0) is 54.4 Å². The molecule has 0 radical (unpaired) electrons. The summed E-state index contributed by atoms with van der Waals surface area (Å²) in [5.41, 5.74) is 2.10. The molecule has 0 saturated carbocycles. The molecular formula is C34H35NO8. The molecule has 0 unspecified atom stereocenters. The third-order valence-electron chi connectivity index (χ3n) is 8.88. The van der Waals surface area contributed by atoms with E-state index < -0.39 is 35.0 Å². The molecule has 1 aromatic heterocycles. The van der Waals surface area contributed by atoms with E-state index >= 15 is 0 Å². The summed E-state index contributed by atoms with van der Waals surface area (Å²) in [6.07, 6.45) is 0.317. The molecule has 1 aliphatic heterocycles. The number of benzene rings is 3. The molecule has 0 N–H and O–H groups in total. The van der Waals surface area contributed by atoms with Crippen LogP contribution in [-0.4, -0.2) is 50.7 Å². The number of carbonyl (C=O) groups excluding carboxylic acids is 2. The lowest BCUT2D eigenvalue weighted by Crippen LogP contribution is -2.61. The van der Waals surface area contributed by atoms with Crippen LogP contribution >= 0.6 is 0 Å². The van der Waals surface area contributed by atoms with E-state index in [-0.39, 0.29) is 0 Å². The Morgan fingerprint density at radius 3 is 1.91 bits per heavy atom. The summed E-state index contributed by atoms with van der Waals surface area (Å²) >= 11 is 0. The fourth-order valence-electron chi connectivity index (χ4n) is 7.00. The minimum Gasteiger partial charge on any atom is -0.497 e. The zero-order valence-corrected chi connectivity index (χ0v) is 25.3. The quantitative estimate of drug-likeness (QED) is 0.216. The van der Waals surface area contributed by atoms with Crippen molar-refractivity contribution in [3.05, 3.63) is 83.0 Å². The Balaban J connectivity index is 1.80. The minimum atomic E-state index is -1.87. The highest BCUT2D eigenvalue weighted by Crippen LogP contribution is 2.63. The van der Waals surface area contributed by atoms with Gasteiger partial charge in [0.2, 0.25) is 0 Å². The van der Waals surface area contributed by atoms with E-state index in [2.05, 4.69) is 4.57 Å². The van der Waals surface area contributed by atoms with E-state index in [1.165, 1.54) is 0 Å². The van der Waals surface area contributed by atoms with Crippen molar-refractivity contribution in [1.29, 1.82) is 0 Å². The van der Waals surface area contributed by atoms with Crippen LogP contribution in [0.2, 0.25) is 0 Å². The van der Waals surface area contributed by atoms with Crippen molar-refractivity contribution in [1.82, 2.24) is 4.57 Å². The molecule has 0 amide bonds. The number of nitrogens with zero attached hydrogens (tertiary/aromatic N) is 1. The standard InChI is InChI=1S/C34H35NO8/c1-33(2)42-31(36)34(32(37)43-33)24(22-16-19(38-4)12-14-27(22)40-6)18-26-29(21-10-8-9-11-25(21)35(26)3)30(34)23-17-20(39-5)13-15-28(23)41-7/h8-17,24,30H,18H2,1-7H3/t24-,30-/m1/s1. The molecule has 9 heteroatoms. The lowest BCUT2D eigenvalue weighted by molar-refractivity contribution is -0.254. The summed E-state index contributed by atoms with van der Waals surface area (Å²) in [4.78, 5) is 29.5. The minimum absolute atomic E-state index is 0.317. The molecule has 2 aliphatic rings. The monoisotopic (exact) mass is 585 g/mol. The number of aryl methyl sites for hydroxylation is 1. The number of rotatable bonds is 6. The van der Waals surface area contributed by atoms with Gasteiger partial charge in [-0.1, -0.05) is 18.2 Å². The van der Waals surface area contributed by atoms with Crippen molar-refractivity contribution in [3.8, 4) is 23.0 Å². The number of esters is 2. The van der Waals surface area contributed by atoms with Crippen LogP contribution in [-0.2, 0) is 32.5 Å². The fourth-order valence-corrected chi connectivity index (χ4v) is 7.00. The Morgan fingerprint density at radius 1 is 0.767 bits per heavy atom. The first-order chi connectivity index (χ1) is 20.6. The maximum Gasteiger partial charge on any atom is 0.328 e. The van der Waals surface area contributed by atoms with Crippen molar-refractivity contribution >= 4 is 22.8 Å². The first kappa shape index (κ1) is 28.5. The second-order valence-corrected chi connectivity index (χ2v) is 11.4. The molecule has 0 bridgehead atoms. The fraction of sp³-hybridized carbons (Fsp3) is 0.353. The normalized spacial score (nSPS) is 20.3. The number of carbonyl (C=O) groups is 2. The summed E-state index contributed by atoms with van der Waals surface area (Å²) in [5.74, 6) is -2.37. The van der Waals surface area contributed by atoms with Crippen LogP contribution in [0.15, 0.2) is 60.7 Å². The van der Waals surface area contributed by atoms with Gasteiger partial charge >= 0.3 is 11.9 Å². The highest BCUT2D eigenvalue weighted by Gasteiger charge is 2.68. The maximum atomic E-state index is 14.8. The van der Waals surface area contributed by atoms with Gasteiger partial charge < -0.3 is 33.0 Å². The summed E-state index contributed by atoms with van der Waals surface area (Å²) in [7, 11) is 8.26. The topological polar surface area (TPSA) is 94.5 Å². The molecule has 9 nitrogen and oxygen atoms in total. The zero-order valence-electron chi connectivity index (χ0n) is 25.3. The molecule has 1 fully saturated rings. The molecule has 2 atom stereocenters. The average molecular weight is 586 g/mol. The number of hydrogen-bond donors (Lipinski definition) is 0. The molecule has 3 aromatic carbocycles. The van der Waals surface area contributed by atoms with Crippen LogP contribution in [0.3, 0.4) is 0 Å². The van der Waals surface area contributed by atoms with Gasteiger partial charge in [0.1, 0.15) is 23.0 Å². The predicted octanol–water partition coefficient (Wildman–Crippen LogP) is 5.51. The second kappa shape index (κ2) is 10.3. The average Bonchev–Trinajstić information content (AvgIpc) is 3.29. The third-order valence-corrected chi connectivity index (χ3v) is 8.88. The van der Waals surface area contributed by atoms with Gasteiger partial charge in [0.15, 0.2) is 5.41 Å². The van der Waals surface area contributed by atoms with Crippen molar-refractivity contribution in [2.24, 2.45) is 12.5 Å². The van der Waals surface area contributed by atoms with E-state index in [4.69, 9.17) is 28.4 Å². The van der Waals surface area contributed by atoms with Gasteiger partial charge in [0, 0.05) is 60.5 Å². The highest BCUT2D eigenvalue weighted by molar-refractivity contribution is 6.06. The number of cyclic esters (lactones) is 2. The van der Waals surface area contributed by atoms with Crippen molar-refractivity contribution < 1.29 is 38.0 Å². The Labute approximate surface area is 250 Å². The van der Waals surface area contributed by atoms with Crippen molar-refractivity contribution in [2.75, 3.05) is 28.4 Å². The van der Waals surface area contributed by atoms with E-state index in [9.17, 15) is 9.59 Å². The van der Waals surface area contributed by atoms with E-state index in [1.54, 1.807) is 66.6 Å². The SMILES string of the molecule is COc1ccc(OC)c([C@@H]2c3c(n(C)c4ccccc34)C[C@H](c3cc(OC)ccc3OC)C23C(=O)OC(C)(C)OC3=O)c1. The van der Waals surface area contributed by atoms with E-state index in [0.717, 1.165) is 22.2 Å². The number of hydrogen-bond acceptors (Lipinski definition) is 8. The maximum absolute atomic E-state index is 14.8.